The summed E-state index contributed by atoms with van der Waals surface area (Å²) in [4.78, 5) is 11.6. The van der Waals surface area contributed by atoms with Crippen molar-refractivity contribution in [2.45, 2.75) is 19.3 Å². The smallest absolute Gasteiger partial charge is 0.176 e. The van der Waals surface area contributed by atoms with Gasteiger partial charge in [0.1, 0.15) is 11.2 Å². The first-order chi connectivity index (χ1) is 15.3. The normalized spacial score (nSPS) is 16.8. The van der Waals surface area contributed by atoms with E-state index in [0.29, 0.717) is 19.0 Å². The fourth-order valence-electron chi connectivity index (χ4n) is 4.31. The zero-order valence-corrected chi connectivity index (χ0v) is 17.2. The molecular weight excluding hydrogens is 390 g/mol. The Morgan fingerprint density at radius 1 is 1.00 bits per heavy atom. The summed E-state index contributed by atoms with van der Waals surface area (Å²) in [5, 5.41) is 4.82. The van der Waals surface area contributed by atoms with Gasteiger partial charge in [-0.1, -0.05) is 12.1 Å². The first-order valence-electron chi connectivity index (χ1n) is 10.8. The van der Waals surface area contributed by atoms with Crippen LogP contribution in [0.2, 0.25) is 0 Å². The van der Waals surface area contributed by atoms with Gasteiger partial charge in [0.25, 0.3) is 0 Å². The number of ether oxygens (including phenoxy) is 1. The van der Waals surface area contributed by atoms with Gasteiger partial charge in [0.2, 0.25) is 0 Å². The summed E-state index contributed by atoms with van der Waals surface area (Å²) >= 11 is 0. The quantitative estimate of drug-likeness (QED) is 0.491. The number of anilines is 1. The highest BCUT2D eigenvalue weighted by molar-refractivity contribution is 5.90. The lowest BCUT2D eigenvalue weighted by molar-refractivity contribution is 0.122. The van der Waals surface area contributed by atoms with Gasteiger partial charge in [0.05, 0.1) is 24.6 Å². The van der Waals surface area contributed by atoms with Crippen LogP contribution in [0.1, 0.15) is 25.0 Å². The van der Waals surface area contributed by atoms with Crippen molar-refractivity contribution >= 4 is 22.4 Å². The summed E-state index contributed by atoms with van der Waals surface area (Å²) in [7, 11) is 0. The van der Waals surface area contributed by atoms with E-state index in [1.165, 1.54) is 12.0 Å². The van der Waals surface area contributed by atoms with Crippen LogP contribution in [0.25, 0.3) is 33.9 Å². The Bertz CT molecular complexity index is 1250. The monoisotopic (exact) mass is 413 g/mol. The summed E-state index contributed by atoms with van der Waals surface area (Å²) in [6, 6.07) is 11.9. The molecule has 0 spiro atoms. The van der Waals surface area contributed by atoms with E-state index in [1.54, 1.807) is 6.20 Å². The van der Waals surface area contributed by atoms with Crippen LogP contribution in [-0.2, 0) is 4.74 Å². The van der Waals surface area contributed by atoms with Crippen molar-refractivity contribution in [1.82, 2.24) is 19.7 Å². The van der Waals surface area contributed by atoms with Crippen molar-refractivity contribution in [3.8, 4) is 17.3 Å². The third-order valence-corrected chi connectivity index (χ3v) is 5.91. The molecule has 7 heteroatoms. The molecule has 0 saturated carbocycles. The van der Waals surface area contributed by atoms with E-state index in [1.807, 2.05) is 35.1 Å². The summed E-state index contributed by atoms with van der Waals surface area (Å²) in [6.07, 6.45) is 9.49. The Morgan fingerprint density at radius 2 is 1.94 bits per heavy atom. The molecule has 1 aliphatic carbocycles. The number of aromatic nitrogens is 4. The van der Waals surface area contributed by atoms with Crippen molar-refractivity contribution in [2.75, 3.05) is 31.2 Å². The minimum absolute atomic E-state index is 0.701. The molecule has 0 radical (unpaired) electrons. The number of furan rings is 1. The fourth-order valence-corrected chi connectivity index (χ4v) is 4.31. The molecular formula is C24H23N5O2. The lowest BCUT2D eigenvalue weighted by Gasteiger charge is -2.28. The van der Waals surface area contributed by atoms with Crippen LogP contribution in [0.4, 0.5) is 5.69 Å². The van der Waals surface area contributed by atoms with Gasteiger partial charge in [0.15, 0.2) is 17.2 Å². The van der Waals surface area contributed by atoms with Crippen molar-refractivity contribution in [3.63, 3.8) is 0 Å². The molecule has 1 saturated heterocycles. The third kappa shape index (κ3) is 3.41. The minimum Gasteiger partial charge on any atom is -0.451 e. The molecule has 2 aliphatic rings. The standard InChI is InChI=1S/C24H23N5O2/c1-2-6-17(5-1)18-8-10-29(27-18)23-16-21(28-11-13-30-14-12-28)24-20(26-23)15-22(31-24)19-7-3-4-9-25-19/h3-5,7-10,15-16H,1-2,6,11-14H2. The first kappa shape index (κ1) is 18.3. The lowest BCUT2D eigenvalue weighted by Crippen LogP contribution is -2.36. The highest BCUT2D eigenvalue weighted by Crippen LogP contribution is 2.34. The van der Waals surface area contributed by atoms with Crippen LogP contribution in [0.3, 0.4) is 0 Å². The second-order valence-electron chi connectivity index (χ2n) is 7.91. The second-order valence-corrected chi connectivity index (χ2v) is 7.91. The van der Waals surface area contributed by atoms with Gasteiger partial charge in [-0.2, -0.15) is 5.10 Å². The van der Waals surface area contributed by atoms with Crippen molar-refractivity contribution in [2.24, 2.45) is 0 Å². The van der Waals surface area contributed by atoms with Gasteiger partial charge in [0, 0.05) is 37.6 Å². The summed E-state index contributed by atoms with van der Waals surface area (Å²) in [6.45, 7) is 3.03. The van der Waals surface area contributed by atoms with Gasteiger partial charge in [-0.25, -0.2) is 9.67 Å². The second kappa shape index (κ2) is 7.67. The number of hydrogen-bond acceptors (Lipinski definition) is 6. The Morgan fingerprint density at radius 3 is 2.74 bits per heavy atom. The van der Waals surface area contributed by atoms with E-state index < -0.39 is 0 Å². The average molecular weight is 413 g/mol. The van der Waals surface area contributed by atoms with Crippen molar-refractivity contribution < 1.29 is 9.15 Å². The molecule has 0 N–H and O–H groups in total. The highest BCUT2D eigenvalue weighted by atomic mass is 16.5. The molecule has 31 heavy (non-hydrogen) atoms. The maximum Gasteiger partial charge on any atom is 0.176 e. The summed E-state index contributed by atoms with van der Waals surface area (Å²) in [5.74, 6) is 1.50. The van der Waals surface area contributed by atoms with Crippen LogP contribution < -0.4 is 4.90 Å². The maximum atomic E-state index is 6.27. The topological polar surface area (TPSA) is 69.2 Å². The van der Waals surface area contributed by atoms with Crippen LogP contribution in [0.15, 0.2) is 59.3 Å². The number of rotatable bonds is 4. The summed E-state index contributed by atoms with van der Waals surface area (Å²) in [5.41, 5.74) is 5.75. The zero-order chi connectivity index (χ0) is 20.6. The minimum atomic E-state index is 0.701. The number of fused-ring (bicyclic) bond motifs is 1. The predicted octanol–water partition coefficient (Wildman–Crippen LogP) is 4.48. The molecule has 0 atom stereocenters. The average Bonchev–Trinajstić information content (AvgIpc) is 3.59. The van der Waals surface area contributed by atoms with E-state index in [-0.39, 0.29) is 0 Å². The molecule has 4 aromatic heterocycles. The van der Waals surface area contributed by atoms with Crippen LogP contribution in [0.5, 0.6) is 0 Å². The molecule has 0 aromatic carbocycles. The Hall–Kier alpha value is -3.45. The molecule has 4 aromatic rings. The predicted molar refractivity (Wildman–Crippen MR) is 119 cm³/mol. The van der Waals surface area contributed by atoms with Crippen LogP contribution >= 0.6 is 0 Å². The van der Waals surface area contributed by atoms with Gasteiger partial charge >= 0.3 is 0 Å². The number of pyridine rings is 2. The fraction of sp³-hybridized carbons (Fsp3) is 0.292. The largest absolute Gasteiger partial charge is 0.451 e. The molecule has 0 amide bonds. The molecule has 7 nitrogen and oxygen atoms in total. The number of hydrogen-bond donors (Lipinski definition) is 0. The number of nitrogens with zero attached hydrogens (tertiary/aromatic N) is 5. The molecule has 5 heterocycles. The molecule has 0 bridgehead atoms. The van der Waals surface area contributed by atoms with Gasteiger partial charge in [-0.05, 0) is 43.0 Å². The number of allylic oxidation sites excluding steroid dienone is 2. The first-order valence-corrected chi connectivity index (χ1v) is 10.8. The summed E-state index contributed by atoms with van der Waals surface area (Å²) < 4.78 is 13.7. The maximum absolute atomic E-state index is 6.27. The lowest BCUT2D eigenvalue weighted by atomic mass is 10.2. The van der Waals surface area contributed by atoms with Crippen molar-refractivity contribution in [1.29, 1.82) is 0 Å². The highest BCUT2D eigenvalue weighted by Gasteiger charge is 2.21. The van der Waals surface area contributed by atoms with Crippen LogP contribution in [-0.4, -0.2) is 46.1 Å². The van der Waals surface area contributed by atoms with Gasteiger partial charge < -0.3 is 14.1 Å². The van der Waals surface area contributed by atoms with Crippen molar-refractivity contribution in [3.05, 3.63) is 60.6 Å². The molecule has 0 unspecified atom stereocenters. The number of morpholine rings is 1. The van der Waals surface area contributed by atoms with E-state index in [9.17, 15) is 0 Å². The van der Waals surface area contributed by atoms with E-state index >= 15 is 0 Å². The molecule has 6 rings (SSSR count). The van der Waals surface area contributed by atoms with Crippen LogP contribution in [0, 0.1) is 0 Å². The van der Waals surface area contributed by atoms with E-state index in [0.717, 1.165) is 59.9 Å². The zero-order valence-electron chi connectivity index (χ0n) is 17.2. The van der Waals surface area contributed by atoms with Gasteiger partial charge in [-0.15, -0.1) is 0 Å². The third-order valence-electron chi connectivity index (χ3n) is 5.91. The van der Waals surface area contributed by atoms with E-state index in [4.69, 9.17) is 19.2 Å². The Balaban J connectivity index is 1.47. The van der Waals surface area contributed by atoms with E-state index in [2.05, 4.69) is 28.1 Å². The SMILES string of the molecule is C1=C(c2ccn(-c3cc(N4CCOCC4)c4oc(-c5ccccn5)cc4n3)n2)CCC1. The molecule has 1 fully saturated rings. The molecule has 156 valence electrons. The van der Waals surface area contributed by atoms with Gasteiger partial charge in [-0.3, -0.25) is 4.98 Å². The Labute approximate surface area is 180 Å². The molecule has 1 aliphatic heterocycles. The Kier molecular flexibility index (Phi) is 4.53.